The molecule has 0 aliphatic heterocycles. The monoisotopic (exact) mass is 190 g/mol. The number of imidazole rings is 1. The lowest BCUT2D eigenvalue weighted by Crippen LogP contribution is -2.29. The fourth-order valence-electron chi connectivity index (χ4n) is 1.64. The van der Waals surface area contributed by atoms with Gasteiger partial charge in [-0.2, -0.15) is 5.26 Å². The largest absolute Gasteiger partial charge is 0.338 e. The smallest absolute Gasteiger partial charge is 0.205 e. The highest BCUT2D eigenvalue weighted by molar-refractivity contribution is 5.35. The molecule has 1 aromatic rings. The van der Waals surface area contributed by atoms with E-state index in [0.29, 0.717) is 12.5 Å². The maximum atomic E-state index is 8.58. The zero-order valence-electron chi connectivity index (χ0n) is 8.35. The second-order valence-corrected chi connectivity index (χ2v) is 3.67. The van der Waals surface area contributed by atoms with E-state index in [4.69, 9.17) is 5.26 Å². The highest BCUT2D eigenvalue weighted by atomic mass is 15.3. The minimum atomic E-state index is 0.573. The van der Waals surface area contributed by atoms with Crippen LogP contribution in [0.4, 0.5) is 5.95 Å². The zero-order chi connectivity index (χ0) is 9.97. The number of nitrogens with zero attached hydrogens (tertiary/aromatic N) is 4. The van der Waals surface area contributed by atoms with Gasteiger partial charge in [-0.25, -0.2) is 4.98 Å². The van der Waals surface area contributed by atoms with Crippen LogP contribution < -0.4 is 4.90 Å². The Kier molecular flexibility index (Phi) is 2.40. The zero-order valence-corrected chi connectivity index (χ0v) is 8.35. The first-order valence-electron chi connectivity index (χ1n) is 4.94. The third kappa shape index (κ3) is 1.72. The van der Waals surface area contributed by atoms with Gasteiger partial charge in [0.25, 0.3) is 0 Å². The van der Waals surface area contributed by atoms with Crippen molar-refractivity contribution in [3.8, 4) is 6.07 Å². The summed E-state index contributed by atoms with van der Waals surface area (Å²) in [6, 6.07) is 2.80. The van der Waals surface area contributed by atoms with Gasteiger partial charge in [0.1, 0.15) is 0 Å². The first-order chi connectivity index (χ1) is 6.83. The molecule has 1 aromatic heterocycles. The molecule has 0 bridgehead atoms. The number of anilines is 1. The van der Waals surface area contributed by atoms with Crippen LogP contribution in [-0.4, -0.2) is 22.1 Å². The van der Waals surface area contributed by atoms with Crippen molar-refractivity contribution in [2.75, 3.05) is 11.4 Å². The van der Waals surface area contributed by atoms with Crippen LogP contribution in [-0.2, 0) is 7.05 Å². The van der Waals surface area contributed by atoms with Gasteiger partial charge in [0.05, 0.1) is 12.5 Å². The van der Waals surface area contributed by atoms with E-state index < -0.39 is 0 Å². The van der Waals surface area contributed by atoms with Crippen molar-refractivity contribution in [1.82, 2.24) is 9.55 Å². The van der Waals surface area contributed by atoms with Gasteiger partial charge in [0, 0.05) is 32.0 Å². The van der Waals surface area contributed by atoms with Gasteiger partial charge >= 0.3 is 0 Å². The average molecular weight is 190 g/mol. The Hall–Kier alpha value is -1.50. The first-order valence-corrected chi connectivity index (χ1v) is 4.94. The van der Waals surface area contributed by atoms with Crippen molar-refractivity contribution in [1.29, 1.82) is 5.26 Å². The lowest BCUT2D eigenvalue weighted by molar-refractivity contribution is 0.730. The van der Waals surface area contributed by atoms with E-state index in [2.05, 4.69) is 16.0 Å². The van der Waals surface area contributed by atoms with Crippen LogP contribution in [0, 0.1) is 11.3 Å². The molecular weight excluding hydrogens is 176 g/mol. The summed E-state index contributed by atoms with van der Waals surface area (Å²) >= 11 is 0. The second-order valence-electron chi connectivity index (χ2n) is 3.67. The summed E-state index contributed by atoms with van der Waals surface area (Å²) in [6.45, 7) is 0.798. The minimum Gasteiger partial charge on any atom is -0.338 e. The fraction of sp³-hybridized carbons (Fsp3) is 0.600. The van der Waals surface area contributed by atoms with Crippen LogP contribution in [0.15, 0.2) is 12.4 Å². The number of aromatic nitrogens is 2. The molecule has 0 N–H and O–H groups in total. The molecule has 0 aromatic carbocycles. The molecule has 0 amide bonds. The van der Waals surface area contributed by atoms with Crippen molar-refractivity contribution < 1.29 is 0 Å². The molecule has 1 fully saturated rings. The molecule has 1 saturated carbocycles. The van der Waals surface area contributed by atoms with Gasteiger partial charge < -0.3 is 9.47 Å². The molecular formula is C10H14N4. The molecule has 0 unspecified atom stereocenters. The molecule has 0 spiro atoms. The third-order valence-electron chi connectivity index (χ3n) is 2.50. The van der Waals surface area contributed by atoms with E-state index >= 15 is 0 Å². The Balaban J connectivity index is 2.11. The highest BCUT2D eigenvalue weighted by Crippen LogP contribution is 2.30. The molecule has 0 atom stereocenters. The van der Waals surface area contributed by atoms with Gasteiger partial charge in [-0.1, -0.05) is 0 Å². The molecule has 14 heavy (non-hydrogen) atoms. The van der Waals surface area contributed by atoms with Crippen LogP contribution in [0.1, 0.15) is 19.3 Å². The van der Waals surface area contributed by atoms with Crippen molar-refractivity contribution in [2.24, 2.45) is 7.05 Å². The molecule has 2 rings (SSSR count). The fourth-order valence-corrected chi connectivity index (χ4v) is 1.64. The standard InChI is InChI=1S/C10H14N4/c1-13-8-6-12-10(13)14(7-2-5-11)9-3-4-9/h6,8-9H,2-4,7H2,1H3. The van der Waals surface area contributed by atoms with Crippen LogP contribution in [0.5, 0.6) is 0 Å². The van der Waals surface area contributed by atoms with E-state index in [1.807, 2.05) is 17.8 Å². The van der Waals surface area contributed by atoms with Crippen LogP contribution in [0.2, 0.25) is 0 Å². The number of aryl methyl sites for hydroxylation is 1. The Morgan fingerprint density at radius 2 is 2.50 bits per heavy atom. The number of rotatable bonds is 4. The SMILES string of the molecule is Cn1ccnc1N(CCC#N)C1CC1. The van der Waals surface area contributed by atoms with E-state index in [1.54, 1.807) is 6.20 Å². The highest BCUT2D eigenvalue weighted by Gasteiger charge is 2.30. The maximum Gasteiger partial charge on any atom is 0.205 e. The first kappa shape index (κ1) is 9.07. The summed E-state index contributed by atoms with van der Waals surface area (Å²) in [7, 11) is 1.99. The maximum absolute atomic E-state index is 8.58. The summed E-state index contributed by atoms with van der Waals surface area (Å²) in [5, 5.41) is 8.58. The van der Waals surface area contributed by atoms with Crippen molar-refractivity contribution >= 4 is 5.95 Å². The molecule has 4 heteroatoms. The Morgan fingerprint density at radius 3 is 3.00 bits per heavy atom. The minimum absolute atomic E-state index is 0.573. The summed E-state index contributed by atoms with van der Waals surface area (Å²) in [5.41, 5.74) is 0. The van der Waals surface area contributed by atoms with Gasteiger partial charge in [-0.3, -0.25) is 0 Å². The van der Waals surface area contributed by atoms with Gasteiger partial charge in [-0.15, -0.1) is 0 Å². The third-order valence-corrected chi connectivity index (χ3v) is 2.50. The normalized spacial score (nSPS) is 15.1. The summed E-state index contributed by atoms with van der Waals surface area (Å²) < 4.78 is 2.01. The van der Waals surface area contributed by atoms with Crippen LogP contribution >= 0.6 is 0 Å². The predicted octanol–water partition coefficient (Wildman–Crippen LogP) is 1.30. The lowest BCUT2D eigenvalue weighted by Gasteiger charge is -2.21. The second kappa shape index (κ2) is 3.70. The van der Waals surface area contributed by atoms with Gasteiger partial charge in [-0.05, 0) is 12.8 Å². The quantitative estimate of drug-likeness (QED) is 0.719. The van der Waals surface area contributed by atoms with E-state index in [1.165, 1.54) is 12.8 Å². The summed E-state index contributed by atoms with van der Waals surface area (Å²) in [5.74, 6) is 0.989. The van der Waals surface area contributed by atoms with Crippen molar-refractivity contribution in [3.63, 3.8) is 0 Å². The molecule has 0 radical (unpaired) electrons. The van der Waals surface area contributed by atoms with Gasteiger partial charge in [0.15, 0.2) is 0 Å². The Labute approximate surface area is 83.8 Å². The lowest BCUT2D eigenvalue weighted by atomic mass is 10.4. The van der Waals surface area contributed by atoms with Crippen molar-refractivity contribution in [2.45, 2.75) is 25.3 Å². The topological polar surface area (TPSA) is 44.9 Å². The molecule has 0 saturated heterocycles. The Morgan fingerprint density at radius 1 is 1.71 bits per heavy atom. The number of hydrogen-bond donors (Lipinski definition) is 0. The predicted molar refractivity (Wildman–Crippen MR) is 53.8 cm³/mol. The van der Waals surface area contributed by atoms with Crippen molar-refractivity contribution in [3.05, 3.63) is 12.4 Å². The van der Waals surface area contributed by atoms with E-state index in [9.17, 15) is 0 Å². The summed E-state index contributed by atoms with van der Waals surface area (Å²) in [6.07, 6.45) is 6.79. The van der Waals surface area contributed by atoms with Crippen LogP contribution in [0.25, 0.3) is 0 Å². The van der Waals surface area contributed by atoms with Gasteiger partial charge in [0.2, 0.25) is 5.95 Å². The summed E-state index contributed by atoms with van der Waals surface area (Å²) in [4.78, 5) is 6.55. The number of hydrogen-bond acceptors (Lipinski definition) is 3. The molecule has 1 aliphatic carbocycles. The average Bonchev–Trinajstić information content (AvgIpc) is 2.92. The molecule has 74 valence electrons. The Bertz CT molecular complexity index is 345. The number of nitriles is 1. The molecule has 1 aliphatic rings. The van der Waals surface area contributed by atoms with E-state index in [0.717, 1.165) is 12.5 Å². The molecule has 4 nitrogen and oxygen atoms in total. The molecule has 1 heterocycles. The van der Waals surface area contributed by atoms with Crippen LogP contribution in [0.3, 0.4) is 0 Å². The van der Waals surface area contributed by atoms with E-state index in [-0.39, 0.29) is 0 Å².